The number of piperidine rings is 3. The molecule has 21 nitrogen and oxygen atoms in total. The van der Waals surface area contributed by atoms with Gasteiger partial charge in [0, 0.05) is 85.1 Å². The number of likely N-dealkylation sites (tertiary alicyclic amines) is 3. The highest BCUT2D eigenvalue weighted by molar-refractivity contribution is 7.10. The molecule has 0 bridgehead atoms. The van der Waals surface area contributed by atoms with Gasteiger partial charge in [0.2, 0.25) is 17.7 Å². The van der Waals surface area contributed by atoms with E-state index in [0.717, 1.165) is 55.6 Å². The minimum absolute atomic E-state index is 0.0226. The molecule has 3 aliphatic heterocycles. The van der Waals surface area contributed by atoms with E-state index in [2.05, 4.69) is 44.5 Å². The van der Waals surface area contributed by atoms with Gasteiger partial charge in [0.05, 0.1) is 36.4 Å². The third-order valence-electron chi connectivity index (χ3n) is 13.6. The van der Waals surface area contributed by atoms with Crippen LogP contribution in [0.25, 0.3) is 0 Å². The lowest BCUT2D eigenvalue weighted by Gasteiger charge is -2.32. The largest absolute Gasteiger partial charge is 0.464 e. The van der Waals surface area contributed by atoms with E-state index in [1.807, 2.05) is 0 Å². The Balaban J connectivity index is 0.000000181. The number of rotatable bonds is 14. The summed E-state index contributed by atoms with van der Waals surface area (Å²) in [4.78, 5) is 89.5. The molecule has 0 aliphatic carbocycles. The van der Waals surface area contributed by atoms with Crippen molar-refractivity contribution in [1.29, 1.82) is 0 Å². The van der Waals surface area contributed by atoms with Crippen molar-refractivity contribution in [1.82, 2.24) is 59.0 Å². The van der Waals surface area contributed by atoms with Crippen LogP contribution < -0.4 is 0 Å². The van der Waals surface area contributed by atoms with Crippen LogP contribution in [0.2, 0.25) is 0 Å². The van der Waals surface area contributed by atoms with E-state index in [0.29, 0.717) is 75.7 Å². The maximum atomic E-state index is 13.1. The molecular weight excluding hydrogens is 1200 g/mol. The van der Waals surface area contributed by atoms with Crippen molar-refractivity contribution in [3.8, 4) is 0 Å². The second-order valence-electron chi connectivity index (χ2n) is 19.2. The molecule has 0 aromatic carbocycles. The number of alkyl halides is 10. The lowest BCUT2D eigenvalue weighted by molar-refractivity contribution is -0.142. The number of aromatic nitrogens is 9. The van der Waals surface area contributed by atoms with Gasteiger partial charge in [0.15, 0.2) is 28.5 Å². The Hall–Kier alpha value is -7.36. The first-order chi connectivity index (χ1) is 39.8. The monoisotopic (exact) mass is 1250 g/mol. The summed E-state index contributed by atoms with van der Waals surface area (Å²) in [6.45, 7) is 3.08. The molecular formula is C50H54F10N12O9S3. The summed E-state index contributed by atoms with van der Waals surface area (Å²) >= 11 is 4.05. The summed E-state index contributed by atoms with van der Waals surface area (Å²) in [6, 6.07) is 2.40. The van der Waals surface area contributed by atoms with Gasteiger partial charge in [-0.25, -0.2) is 46.9 Å². The van der Waals surface area contributed by atoms with E-state index in [1.165, 1.54) is 67.2 Å². The molecule has 9 heterocycles. The maximum Gasteiger partial charge on any atom is 0.435 e. The maximum absolute atomic E-state index is 13.1. The molecule has 456 valence electrons. The van der Waals surface area contributed by atoms with Crippen LogP contribution in [0.1, 0.15) is 144 Å². The standard InChI is InChI=1S/C17H18F4N4O3S.C17H19F3N4O3S.C16H17F3N4O3S/c1-28-17(27)11-8-29-16(22-11)9-2-4-24(5-3-9)13(26)7-25-12(15(20)21)6-10(23-25)14(18)19;1-10-6-13(17(18,19)20)22-24(10)8-14(25)23-5-3-4-11(7-23)15-21-12(9-28-15)16(26)27-2;1-26-15(25)11-9-27-14(20-11)10-2-5-22(6-3-10)13(24)8-23-7-4-12(21-23)16(17,18)19/h6,8-9,14-15H,2-5,7H2,1H3;6,9,11H,3-5,7-8H2,1-2H3;4,7,9-10H,2-3,5-6,8H2,1H3. The molecule has 3 fully saturated rings. The van der Waals surface area contributed by atoms with Crippen molar-refractivity contribution >= 4 is 69.6 Å². The molecule has 1 atom stereocenters. The zero-order valence-electron chi connectivity index (χ0n) is 45.1. The second-order valence-corrected chi connectivity index (χ2v) is 21.8. The molecule has 0 saturated carbocycles. The highest BCUT2D eigenvalue weighted by atomic mass is 32.1. The third-order valence-corrected chi connectivity index (χ3v) is 16.6. The zero-order chi connectivity index (χ0) is 61.2. The molecule has 3 saturated heterocycles. The number of carbonyl (C=O) groups is 6. The first-order valence-corrected chi connectivity index (χ1v) is 28.2. The fourth-order valence-corrected chi connectivity index (χ4v) is 12.0. The summed E-state index contributed by atoms with van der Waals surface area (Å²) in [5.74, 6) is -2.38. The predicted molar refractivity (Wildman–Crippen MR) is 277 cm³/mol. The van der Waals surface area contributed by atoms with Gasteiger partial charge >= 0.3 is 30.3 Å². The van der Waals surface area contributed by atoms with Gasteiger partial charge in [0.1, 0.15) is 31.0 Å². The van der Waals surface area contributed by atoms with Gasteiger partial charge in [-0.05, 0) is 63.6 Å². The topological polar surface area (TPSA) is 232 Å². The lowest BCUT2D eigenvalue weighted by Crippen LogP contribution is -2.41. The van der Waals surface area contributed by atoms with Crippen molar-refractivity contribution in [3.63, 3.8) is 0 Å². The molecule has 0 spiro atoms. The first kappa shape index (κ1) is 64.2. The van der Waals surface area contributed by atoms with Gasteiger partial charge in [-0.2, -0.15) is 41.6 Å². The minimum Gasteiger partial charge on any atom is -0.464 e. The first-order valence-electron chi connectivity index (χ1n) is 25.6. The predicted octanol–water partition coefficient (Wildman–Crippen LogP) is 8.82. The number of amides is 3. The number of hydrogen-bond acceptors (Lipinski definition) is 18. The van der Waals surface area contributed by atoms with Gasteiger partial charge in [-0.1, -0.05) is 0 Å². The van der Waals surface area contributed by atoms with Crippen molar-refractivity contribution < 1.29 is 86.9 Å². The van der Waals surface area contributed by atoms with Crippen LogP contribution in [0.5, 0.6) is 0 Å². The van der Waals surface area contributed by atoms with E-state index in [-0.39, 0.29) is 65.4 Å². The molecule has 9 rings (SSSR count). The van der Waals surface area contributed by atoms with Crippen LogP contribution in [-0.4, -0.2) is 155 Å². The number of hydrogen-bond donors (Lipinski definition) is 0. The number of methoxy groups -OCH3 is 3. The van der Waals surface area contributed by atoms with Crippen molar-refractivity contribution in [3.05, 3.63) is 101 Å². The van der Waals surface area contributed by atoms with Crippen LogP contribution in [-0.2, 0) is 60.6 Å². The highest BCUT2D eigenvalue weighted by Gasteiger charge is 2.37. The molecule has 34 heteroatoms. The fourth-order valence-electron chi connectivity index (χ4n) is 9.14. The Morgan fingerprint density at radius 1 is 0.560 bits per heavy atom. The number of nitrogens with zero attached hydrogens (tertiary/aromatic N) is 12. The van der Waals surface area contributed by atoms with E-state index < -0.39 is 78.3 Å². The molecule has 6 aromatic heterocycles. The van der Waals surface area contributed by atoms with Crippen molar-refractivity contribution in [2.24, 2.45) is 0 Å². The average molecular weight is 1250 g/mol. The molecule has 6 aromatic rings. The van der Waals surface area contributed by atoms with Gasteiger partial charge in [-0.3, -0.25) is 28.4 Å². The summed E-state index contributed by atoms with van der Waals surface area (Å²) in [6.07, 6.45) is -9.84. The van der Waals surface area contributed by atoms with Gasteiger partial charge in [0.25, 0.3) is 12.9 Å². The molecule has 3 amide bonds. The Morgan fingerprint density at radius 2 is 1.01 bits per heavy atom. The Bertz CT molecular complexity index is 3250. The van der Waals surface area contributed by atoms with Crippen LogP contribution in [0.3, 0.4) is 0 Å². The lowest BCUT2D eigenvalue weighted by atomic mass is 9.97. The number of carbonyl (C=O) groups excluding carboxylic acids is 6. The van der Waals surface area contributed by atoms with Crippen LogP contribution in [0.15, 0.2) is 40.5 Å². The van der Waals surface area contributed by atoms with E-state index in [1.54, 1.807) is 25.9 Å². The Morgan fingerprint density at radius 3 is 1.44 bits per heavy atom. The zero-order valence-corrected chi connectivity index (χ0v) is 47.5. The smallest absolute Gasteiger partial charge is 0.435 e. The quantitative estimate of drug-likeness (QED) is 0.0563. The third kappa shape index (κ3) is 16.5. The van der Waals surface area contributed by atoms with Gasteiger partial charge in [-0.15, -0.1) is 34.0 Å². The summed E-state index contributed by atoms with van der Waals surface area (Å²) in [7, 11) is 3.85. The molecule has 1 unspecified atom stereocenters. The second kappa shape index (κ2) is 28.0. The summed E-state index contributed by atoms with van der Waals surface area (Å²) in [5.41, 5.74) is -2.49. The Kier molecular flexibility index (Phi) is 21.4. The minimum atomic E-state index is -4.54. The molecule has 0 N–H and O–H groups in total. The van der Waals surface area contributed by atoms with Crippen molar-refractivity contribution in [2.45, 2.75) is 108 Å². The molecule has 0 radical (unpaired) electrons. The molecule has 3 aliphatic rings. The number of ether oxygens (including phenoxy) is 3. The van der Waals surface area contributed by atoms with E-state index in [4.69, 9.17) is 0 Å². The normalized spacial score (nSPS) is 16.2. The van der Waals surface area contributed by atoms with Crippen molar-refractivity contribution in [2.75, 3.05) is 60.6 Å². The van der Waals surface area contributed by atoms with Crippen LogP contribution in [0.4, 0.5) is 43.9 Å². The fraction of sp³-hybridized carbons (Fsp3) is 0.520. The van der Waals surface area contributed by atoms with E-state index in [9.17, 15) is 72.7 Å². The molecule has 84 heavy (non-hydrogen) atoms. The average Bonchev–Trinajstić information content (AvgIpc) is 4.32. The van der Waals surface area contributed by atoms with Crippen LogP contribution in [0, 0.1) is 6.92 Å². The number of thiazole rings is 3. The summed E-state index contributed by atoms with van der Waals surface area (Å²) in [5, 5.41) is 17.6. The Labute approximate surface area is 483 Å². The number of halogens is 10. The van der Waals surface area contributed by atoms with E-state index >= 15 is 0 Å². The SMILES string of the molecule is COC(=O)c1csc(C2CCCN(C(=O)Cn3nc(C(F)(F)F)cc3C)C2)n1.COC(=O)c1csc(C2CCN(C(=O)Cn3ccc(C(F)(F)F)n3)CC2)n1.COC(=O)c1csc(C2CCN(C(=O)Cn3nc(C(F)F)cc3C(F)F)CC2)n1. The highest BCUT2D eigenvalue weighted by Crippen LogP contribution is 2.35. The van der Waals surface area contributed by atoms with Gasteiger partial charge < -0.3 is 28.9 Å². The number of aryl methyl sites for hydroxylation is 1. The van der Waals surface area contributed by atoms with Crippen LogP contribution >= 0.6 is 34.0 Å². The summed E-state index contributed by atoms with van der Waals surface area (Å²) < 4.78 is 144. The number of esters is 3.